The molecule has 0 saturated carbocycles. The number of nitrogen functional groups attached to an aromatic ring is 1. The first kappa shape index (κ1) is 29.2. The molecule has 11 nitrogen and oxygen atoms in total. The maximum atomic E-state index is 13.0. The van der Waals surface area contributed by atoms with Crippen molar-refractivity contribution in [3.8, 4) is 11.3 Å². The number of carbonyl (C=O) groups excluding carboxylic acids is 2. The number of carbonyl (C=O) groups is 2. The van der Waals surface area contributed by atoms with E-state index in [-0.39, 0.29) is 41.5 Å². The number of aliphatic hydroxyl groups excluding tert-OH is 1. The first-order valence-corrected chi connectivity index (χ1v) is 13.1. The van der Waals surface area contributed by atoms with Crippen LogP contribution in [0.1, 0.15) is 41.7 Å². The van der Waals surface area contributed by atoms with E-state index in [9.17, 15) is 27.9 Å². The zero-order valence-corrected chi connectivity index (χ0v) is 23.0. The van der Waals surface area contributed by atoms with E-state index >= 15 is 0 Å². The zero-order valence-electron chi connectivity index (χ0n) is 22.3. The molecule has 0 aliphatic carbocycles. The predicted octanol–water partition coefficient (Wildman–Crippen LogP) is 3.97. The van der Waals surface area contributed by atoms with Crippen LogP contribution in [0.25, 0.3) is 16.8 Å². The number of halogens is 4. The van der Waals surface area contributed by atoms with E-state index in [1.54, 1.807) is 23.5 Å². The normalized spacial score (nSPS) is 18.2. The molecule has 1 aromatic carbocycles. The highest BCUT2D eigenvalue weighted by Crippen LogP contribution is 2.35. The van der Waals surface area contributed by atoms with E-state index in [1.807, 2.05) is 0 Å². The molecule has 3 aromatic heterocycles. The standard InChI is InChI=1S/C27H25ClF3N7O4/c1-13-12-42-18(11-37(13)26(41)14(2)39)24-36-21(22-23(32)34-10-19(28)38(22)24)15-3-5-16(6-4-15)25(40)35-20-9-17(7-8-33-20)27(29,30)31/h3-10,13-14,18,39H,11-12H2,1-2H3,(H2,32,34)(H,33,35,40)/t13-,14?,18+/m0/s1. The van der Waals surface area contributed by atoms with E-state index < -0.39 is 35.8 Å². The van der Waals surface area contributed by atoms with Gasteiger partial charge in [-0.15, -0.1) is 0 Å². The molecule has 4 heterocycles. The first-order chi connectivity index (χ1) is 19.8. The lowest BCUT2D eigenvalue weighted by molar-refractivity contribution is -0.152. The maximum absolute atomic E-state index is 13.0. The van der Waals surface area contributed by atoms with Crippen molar-refractivity contribution >= 4 is 40.6 Å². The second-order valence-electron chi connectivity index (χ2n) is 9.77. The van der Waals surface area contributed by atoms with Crippen molar-refractivity contribution in [2.24, 2.45) is 0 Å². The first-order valence-electron chi connectivity index (χ1n) is 12.7. The highest BCUT2D eigenvalue weighted by Gasteiger charge is 2.35. The number of aliphatic hydroxyl groups is 1. The molecule has 1 aliphatic heterocycles. The number of fused-ring (bicyclic) bond motifs is 1. The predicted molar refractivity (Wildman–Crippen MR) is 147 cm³/mol. The van der Waals surface area contributed by atoms with Gasteiger partial charge in [-0.25, -0.2) is 15.0 Å². The number of nitrogens with zero attached hydrogens (tertiary/aromatic N) is 5. The van der Waals surface area contributed by atoms with Crippen LogP contribution in [0.3, 0.4) is 0 Å². The van der Waals surface area contributed by atoms with Gasteiger partial charge in [-0.05, 0) is 38.1 Å². The Morgan fingerprint density at radius 3 is 2.60 bits per heavy atom. The van der Waals surface area contributed by atoms with Crippen molar-refractivity contribution in [2.75, 3.05) is 24.2 Å². The molecular formula is C27H25ClF3N7O4. The quantitative estimate of drug-likeness (QED) is 0.310. The van der Waals surface area contributed by atoms with Gasteiger partial charge in [-0.3, -0.25) is 14.0 Å². The molecule has 4 aromatic rings. The Morgan fingerprint density at radius 1 is 1.21 bits per heavy atom. The average Bonchev–Trinajstić information content (AvgIpc) is 3.37. The summed E-state index contributed by atoms with van der Waals surface area (Å²) in [5.41, 5.74) is 6.73. The fourth-order valence-corrected chi connectivity index (χ4v) is 4.87. The zero-order chi connectivity index (χ0) is 30.3. The van der Waals surface area contributed by atoms with Crippen LogP contribution in [-0.4, -0.2) is 66.5 Å². The van der Waals surface area contributed by atoms with Gasteiger partial charge in [0.25, 0.3) is 11.8 Å². The van der Waals surface area contributed by atoms with Crippen LogP contribution in [0.4, 0.5) is 24.8 Å². The van der Waals surface area contributed by atoms with E-state index in [2.05, 4.69) is 15.3 Å². The van der Waals surface area contributed by atoms with Gasteiger partial charge in [0.15, 0.2) is 0 Å². The molecule has 15 heteroatoms. The van der Waals surface area contributed by atoms with Crippen molar-refractivity contribution in [3.05, 3.63) is 70.9 Å². The van der Waals surface area contributed by atoms with Gasteiger partial charge in [0.1, 0.15) is 46.0 Å². The monoisotopic (exact) mass is 603 g/mol. The fourth-order valence-electron chi connectivity index (χ4n) is 4.65. The number of morpholine rings is 1. The molecule has 4 N–H and O–H groups in total. The molecule has 220 valence electrons. The number of pyridine rings is 1. The van der Waals surface area contributed by atoms with Crippen LogP contribution in [0.5, 0.6) is 0 Å². The minimum absolute atomic E-state index is 0.102. The highest BCUT2D eigenvalue weighted by molar-refractivity contribution is 6.30. The molecular weight excluding hydrogens is 579 g/mol. The largest absolute Gasteiger partial charge is 0.416 e. The molecule has 2 amide bonds. The van der Waals surface area contributed by atoms with Crippen molar-refractivity contribution in [1.29, 1.82) is 0 Å². The third-order valence-corrected chi connectivity index (χ3v) is 7.05. The summed E-state index contributed by atoms with van der Waals surface area (Å²) in [6.07, 6.45) is -4.17. The Balaban J connectivity index is 1.46. The second-order valence-corrected chi connectivity index (χ2v) is 10.2. The van der Waals surface area contributed by atoms with Gasteiger partial charge in [-0.1, -0.05) is 23.7 Å². The van der Waals surface area contributed by atoms with Gasteiger partial charge in [-0.2, -0.15) is 13.2 Å². The van der Waals surface area contributed by atoms with Crippen LogP contribution in [0, 0.1) is 0 Å². The summed E-state index contributed by atoms with van der Waals surface area (Å²) >= 11 is 6.51. The SMILES string of the molecule is CC(O)C(=O)N1C[C@H](c2nc(-c3ccc(C(=O)Nc4cc(C(F)(F)F)ccn4)cc3)c3c(N)ncc(Cl)n23)OC[C@@H]1C. The molecule has 1 aliphatic rings. The van der Waals surface area contributed by atoms with E-state index in [1.165, 1.54) is 30.2 Å². The molecule has 3 atom stereocenters. The van der Waals surface area contributed by atoms with Crippen molar-refractivity contribution in [3.63, 3.8) is 0 Å². The van der Waals surface area contributed by atoms with Gasteiger partial charge in [0.05, 0.1) is 31.0 Å². The van der Waals surface area contributed by atoms with Crippen LogP contribution < -0.4 is 11.1 Å². The lowest BCUT2D eigenvalue weighted by Crippen LogP contribution is -2.51. The van der Waals surface area contributed by atoms with Gasteiger partial charge in [0, 0.05) is 17.3 Å². The van der Waals surface area contributed by atoms with Crippen molar-refractivity contribution < 1.29 is 32.6 Å². The van der Waals surface area contributed by atoms with Crippen molar-refractivity contribution in [1.82, 2.24) is 24.3 Å². The average molecular weight is 604 g/mol. The van der Waals surface area contributed by atoms with Crippen LogP contribution >= 0.6 is 11.6 Å². The molecule has 42 heavy (non-hydrogen) atoms. The third kappa shape index (κ3) is 5.60. The number of rotatable bonds is 5. The minimum Gasteiger partial charge on any atom is -0.384 e. The van der Waals surface area contributed by atoms with Gasteiger partial charge >= 0.3 is 6.18 Å². The molecule has 0 bridgehead atoms. The number of amides is 2. The summed E-state index contributed by atoms with van der Waals surface area (Å²) in [6.45, 7) is 3.49. The van der Waals surface area contributed by atoms with E-state index in [0.717, 1.165) is 18.3 Å². The lowest BCUT2D eigenvalue weighted by atomic mass is 10.1. The molecule has 5 rings (SSSR count). The Morgan fingerprint density at radius 2 is 1.93 bits per heavy atom. The number of hydrogen-bond donors (Lipinski definition) is 3. The summed E-state index contributed by atoms with van der Waals surface area (Å²) in [4.78, 5) is 39.6. The molecule has 0 radical (unpaired) electrons. The number of imidazole rings is 1. The van der Waals surface area contributed by atoms with Crippen LogP contribution in [-0.2, 0) is 15.7 Å². The number of aromatic nitrogens is 4. The summed E-state index contributed by atoms with van der Waals surface area (Å²) in [7, 11) is 0. The fraction of sp³-hybridized carbons (Fsp3) is 0.296. The smallest absolute Gasteiger partial charge is 0.384 e. The minimum atomic E-state index is -4.58. The molecule has 1 fully saturated rings. The number of nitrogens with two attached hydrogens (primary N) is 1. The summed E-state index contributed by atoms with van der Waals surface area (Å²) in [6, 6.07) is 7.40. The van der Waals surface area contributed by atoms with Gasteiger partial charge in [0.2, 0.25) is 0 Å². The summed E-state index contributed by atoms with van der Waals surface area (Å²) < 4.78 is 46.6. The van der Waals surface area contributed by atoms with E-state index in [4.69, 9.17) is 27.1 Å². The molecule has 1 unspecified atom stereocenters. The number of alkyl halides is 3. The summed E-state index contributed by atoms with van der Waals surface area (Å²) in [5, 5.41) is 12.4. The Hall–Kier alpha value is -4.27. The molecule has 1 saturated heterocycles. The number of nitrogens with one attached hydrogen (secondary N) is 1. The maximum Gasteiger partial charge on any atom is 0.416 e. The summed E-state index contributed by atoms with van der Waals surface area (Å²) in [5.74, 6) is -0.889. The van der Waals surface area contributed by atoms with Gasteiger partial charge < -0.3 is 25.8 Å². The molecule has 0 spiro atoms. The second kappa shape index (κ2) is 11.2. The van der Waals surface area contributed by atoms with Crippen LogP contribution in [0.15, 0.2) is 48.8 Å². The number of benzene rings is 1. The van der Waals surface area contributed by atoms with Crippen LogP contribution in [0.2, 0.25) is 5.15 Å². The highest BCUT2D eigenvalue weighted by atomic mass is 35.5. The Bertz CT molecular complexity index is 1660. The lowest BCUT2D eigenvalue weighted by Gasteiger charge is -2.38. The van der Waals surface area contributed by atoms with Crippen molar-refractivity contribution in [2.45, 2.75) is 38.3 Å². The number of ether oxygens (including phenoxy) is 1. The topological polar surface area (TPSA) is 148 Å². The van der Waals surface area contributed by atoms with E-state index in [0.29, 0.717) is 22.6 Å². The third-order valence-electron chi connectivity index (χ3n) is 6.78. The Labute approximate surface area is 242 Å². The number of hydrogen-bond acceptors (Lipinski definition) is 8. The number of anilines is 2. The Kier molecular flexibility index (Phi) is 7.79.